The summed E-state index contributed by atoms with van der Waals surface area (Å²) in [6.45, 7) is 0. The van der Waals surface area contributed by atoms with Gasteiger partial charge >= 0.3 is 0 Å². The van der Waals surface area contributed by atoms with E-state index in [4.69, 9.17) is 5.26 Å². The molecule has 0 aromatic heterocycles. The van der Waals surface area contributed by atoms with Gasteiger partial charge in [-0.05, 0) is 29.8 Å². The van der Waals surface area contributed by atoms with Crippen molar-refractivity contribution < 1.29 is 13.2 Å². The standard InChI is InChI=1S/C13H6F3N/c14-10-3-4-11(13(16)6-10)8-1-2-9(7-17)12(15)5-8/h1-6H. The third-order valence-electron chi connectivity index (χ3n) is 2.33. The Bertz CT molecular complexity index is 615. The van der Waals surface area contributed by atoms with Gasteiger partial charge in [0.05, 0.1) is 5.56 Å². The van der Waals surface area contributed by atoms with Gasteiger partial charge in [-0.25, -0.2) is 13.2 Å². The van der Waals surface area contributed by atoms with E-state index in [1.54, 1.807) is 6.07 Å². The van der Waals surface area contributed by atoms with Gasteiger partial charge in [-0.3, -0.25) is 0 Å². The van der Waals surface area contributed by atoms with Crippen LogP contribution in [0.1, 0.15) is 5.56 Å². The number of halogens is 3. The molecule has 2 aromatic carbocycles. The van der Waals surface area contributed by atoms with E-state index in [1.165, 1.54) is 18.2 Å². The first-order chi connectivity index (χ1) is 8.11. The number of benzene rings is 2. The van der Waals surface area contributed by atoms with Gasteiger partial charge in [0.25, 0.3) is 0 Å². The summed E-state index contributed by atoms with van der Waals surface area (Å²) >= 11 is 0. The molecule has 1 nitrogen and oxygen atoms in total. The minimum absolute atomic E-state index is 0.0924. The number of hydrogen-bond donors (Lipinski definition) is 0. The summed E-state index contributed by atoms with van der Waals surface area (Å²) in [5.74, 6) is -2.19. The minimum atomic E-state index is -0.769. The molecule has 0 fully saturated rings. The predicted molar refractivity (Wildman–Crippen MR) is 56.5 cm³/mol. The van der Waals surface area contributed by atoms with E-state index in [0.717, 1.165) is 18.2 Å². The summed E-state index contributed by atoms with van der Waals surface area (Å²) in [6.07, 6.45) is 0. The molecule has 0 radical (unpaired) electrons. The van der Waals surface area contributed by atoms with Crippen LogP contribution in [0.25, 0.3) is 11.1 Å². The van der Waals surface area contributed by atoms with Crippen LogP contribution in [0.5, 0.6) is 0 Å². The lowest BCUT2D eigenvalue weighted by Crippen LogP contribution is -1.89. The number of nitriles is 1. The Morgan fingerprint density at radius 3 is 2.24 bits per heavy atom. The molecule has 0 aliphatic heterocycles. The fourth-order valence-electron chi connectivity index (χ4n) is 1.50. The first-order valence-electron chi connectivity index (χ1n) is 4.77. The van der Waals surface area contributed by atoms with Gasteiger partial charge in [0.1, 0.15) is 23.5 Å². The Balaban J connectivity index is 2.54. The highest BCUT2D eigenvalue weighted by Crippen LogP contribution is 2.25. The van der Waals surface area contributed by atoms with Gasteiger partial charge in [-0.2, -0.15) is 5.26 Å². The molecule has 4 heteroatoms. The average molecular weight is 233 g/mol. The van der Waals surface area contributed by atoms with Gasteiger partial charge < -0.3 is 0 Å². The van der Waals surface area contributed by atoms with Crippen LogP contribution in [0.4, 0.5) is 13.2 Å². The SMILES string of the molecule is N#Cc1ccc(-c2ccc(F)cc2F)cc1F. The maximum absolute atomic E-state index is 13.4. The van der Waals surface area contributed by atoms with E-state index in [9.17, 15) is 13.2 Å². The van der Waals surface area contributed by atoms with Crippen molar-refractivity contribution in [2.75, 3.05) is 0 Å². The van der Waals surface area contributed by atoms with Crippen molar-refractivity contribution in [3.8, 4) is 17.2 Å². The summed E-state index contributed by atoms with van der Waals surface area (Å²) < 4.78 is 39.5. The van der Waals surface area contributed by atoms with Crippen LogP contribution in [0, 0.1) is 28.8 Å². The van der Waals surface area contributed by atoms with Gasteiger partial charge in [0.2, 0.25) is 0 Å². The molecule has 0 N–H and O–H groups in total. The average Bonchev–Trinajstić information content (AvgIpc) is 2.29. The van der Waals surface area contributed by atoms with Crippen LogP contribution in [0.2, 0.25) is 0 Å². The second-order valence-electron chi connectivity index (χ2n) is 3.43. The quantitative estimate of drug-likeness (QED) is 0.737. The Morgan fingerprint density at radius 1 is 0.882 bits per heavy atom. The molecule has 0 aliphatic rings. The third-order valence-corrected chi connectivity index (χ3v) is 2.33. The number of hydrogen-bond acceptors (Lipinski definition) is 1. The number of nitrogens with zero attached hydrogens (tertiary/aromatic N) is 1. The number of rotatable bonds is 1. The lowest BCUT2D eigenvalue weighted by molar-refractivity contribution is 0.585. The van der Waals surface area contributed by atoms with Crippen molar-refractivity contribution in [2.45, 2.75) is 0 Å². The Kier molecular flexibility index (Phi) is 2.84. The van der Waals surface area contributed by atoms with E-state index in [-0.39, 0.29) is 16.7 Å². The third kappa shape index (κ3) is 2.13. The fraction of sp³-hybridized carbons (Fsp3) is 0. The summed E-state index contributed by atoms with van der Waals surface area (Å²) in [6, 6.07) is 8.44. The molecule has 0 atom stereocenters. The molecular formula is C13H6F3N. The van der Waals surface area contributed by atoms with Crippen molar-refractivity contribution in [1.29, 1.82) is 5.26 Å². The van der Waals surface area contributed by atoms with Crippen molar-refractivity contribution in [3.63, 3.8) is 0 Å². The maximum atomic E-state index is 13.4. The van der Waals surface area contributed by atoms with Crippen LogP contribution in [-0.4, -0.2) is 0 Å². The molecule has 17 heavy (non-hydrogen) atoms. The van der Waals surface area contributed by atoms with Gasteiger partial charge in [-0.15, -0.1) is 0 Å². The fourth-order valence-corrected chi connectivity index (χ4v) is 1.50. The monoisotopic (exact) mass is 233 g/mol. The van der Waals surface area contributed by atoms with Crippen LogP contribution >= 0.6 is 0 Å². The largest absolute Gasteiger partial charge is 0.207 e. The highest BCUT2D eigenvalue weighted by Gasteiger charge is 2.09. The summed E-state index contributed by atoms with van der Waals surface area (Å²) in [7, 11) is 0. The highest BCUT2D eigenvalue weighted by molar-refractivity contribution is 5.65. The Hall–Kier alpha value is -2.28. The molecule has 0 saturated carbocycles. The van der Waals surface area contributed by atoms with E-state index >= 15 is 0 Å². The van der Waals surface area contributed by atoms with Crippen molar-refractivity contribution >= 4 is 0 Å². The smallest absolute Gasteiger partial charge is 0.141 e. The molecule has 0 saturated heterocycles. The summed E-state index contributed by atoms with van der Waals surface area (Å²) in [4.78, 5) is 0. The van der Waals surface area contributed by atoms with E-state index in [2.05, 4.69) is 0 Å². The van der Waals surface area contributed by atoms with Crippen LogP contribution < -0.4 is 0 Å². The molecule has 2 aromatic rings. The first kappa shape index (κ1) is 11.2. The van der Waals surface area contributed by atoms with Gasteiger partial charge in [-0.1, -0.05) is 6.07 Å². The first-order valence-corrected chi connectivity index (χ1v) is 4.77. The van der Waals surface area contributed by atoms with Crippen LogP contribution in [-0.2, 0) is 0 Å². The zero-order valence-corrected chi connectivity index (χ0v) is 8.55. The molecule has 0 bridgehead atoms. The molecule has 84 valence electrons. The second kappa shape index (κ2) is 4.30. The van der Waals surface area contributed by atoms with Crippen LogP contribution in [0.15, 0.2) is 36.4 Å². The maximum Gasteiger partial charge on any atom is 0.141 e. The Morgan fingerprint density at radius 2 is 1.65 bits per heavy atom. The van der Waals surface area contributed by atoms with Gasteiger partial charge in [0, 0.05) is 11.6 Å². The lowest BCUT2D eigenvalue weighted by Gasteiger charge is -2.04. The molecule has 0 aliphatic carbocycles. The van der Waals surface area contributed by atoms with Crippen LogP contribution in [0.3, 0.4) is 0 Å². The molecule has 0 amide bonds. The summed E-state index contributed by atoms with van der Waals surface area (Å²) in [5.41, 5.74) is 0.241. The van der Waals surface area contributed by atoms with E-state index in [0.29, 0.717) is 0 Å². The molecule has 0 spiro atoms. The second-order valence-corrected chi connectivity index (χ2v) is 3.43. The van der Waals surface area contributed by atoms with Crippen molar-refractivity contribution in [1.82, 2.24) is 0 Å². The predicted octanol–water partition coefficient (Wildman–Crippen LogP) is 3.64. The van der Waals surface area contributed by atoms with E-state index < -0.39 is 17.5 Å². The molecule has 2 rings (SSSR count). The molecule has 0 heterocycles. The molecular weight excluding hydrogens is 227 g/mol. The zero-order valence-electron chi connectivity index (χ0n) is 8.55. The van der Waals surface area contributed by atoms with Gasteiger partial charge in [0.15, 0.2) is 0 Å². The topological polar surface area (TPSA) is 23.8 Å². The zero-order chi connectivity index (χ0) is 12.4. The normalized spacial score (nSPS) is 10.0. The minimum Gasteiger partial charge on any atom is -0.207 e. The Labute approximate surface area is 95.7 Å². The summed E-state index contributed by atoms with van der Waals surface area (Å²) in [5, 5.41) is 8.56. The van der Waals surface area contributed by atoms with Crippen molar-refractivity contribution in [3.05, 3.63) is 59.4 Å². The molecule has 0 unspecified atom stereocenters. The highest BCUT2D eigenvalue weighted by atomic mass is 19.1. The lowest BCUT2D eigenvalue weighted by atomic mass is 10.0. The van der Waals surface area contributed by atoms with Crippen molar-refractivity contribution in [2.24, 2.45) is 0 Å². The van der Waals surface area contributed by atoms with E-state index in [1.807, 2.05) is 0 Å².